The molecule has 1 fully saturated rings. The van der Waals surface area contributed by atoms with Crippen molar-refractivity contribution >= 4 is 5.91 Å². The standard InChI is InChI=1S/C20H27N3O3/c1-15-5-3-4-6-17(15)12-23(11-16-7-8-16)13-19-22-18(14-26-19)20(24)21-9-10-25-2/h3-6,14,16H,7-13H2,1-2H3,(H,21,24). The minimum Gasteiger partial charge on any atom is -0.447 e. The van der Waals surface area contributed by atoms with Gasteiger partial charge in [0.2, 0.25) is 5.89 Å². The summed E-state index contributed by atoms with van der Waals surface area (Å²) in [6.45, 7) is 5.57. The molecular weight excluding hydrogens is 330 g/mol. The van der Waals surface area contributed by atoms with Crippen molar-refractivity contribution in [1.29, 1.82) is 0 Å². The number of carbonyl (C=O) groups is 1. The van der Waals surface area contributed by atoms with Gasteiger partial charge in [0, 0.05) is 26.7 Å². The monoisotopic (exact) mass is 357 g/mol. The molecule has 6 nitrogen and oxygen atoms in total. The largest absolute Gasteiger partial charge is 0.447 e. The number of rotatable bonds is 10. The molecule has 1 aromatic carbocycles. The lowest BCUT2D eigenvalue weighted by Gasteiger charge is -2.21. The van der Waals surface area contributed by atoms with Crippen molar-refractivity contribution < 1.29 is 13.9 Å². The van der Waals surface area contributed by atoms with E-state index in [0.29, 0.717) is 31.3 Å². The Hall–Kier alpha value is -2.18. The molecule has 1 aromatic heterocycles. The highest BCUT2D eigenvalue weighted by Gasteiger charge is 2.25. The number of nitrogens with one attached hydrogen (secondary N) is 1. The lowest BCUT2D eigenvalue weighted by molar-refractivity contribution is 0.0932. The number of oxazole rings is 1. The number of aryl methyl sites for hydroxylation is 1. The average Bonchev–Trinajstić information content (AvgIpc) is 3.32. The fourth-order valence-electron chi connectivity index (χ4n) is 2.92. The van der Waals surface area contributed by atoms with E-state index >= 15 is 0 Å². The summed E-state index contributed by atoms with van der Waals surface area (Å²) in [4.78, 5) is 18.8. The summed E-state index contributed by atoms with van der Waals surface area (Å²) < 4.78 is 10.5. The van der Waals surface area contributed by atoms with Crippen LogP contribution in [-0.2, 0) is 17.8 Å². The Morgan fingerprint density at radius 3 is 2.88 bits per heavy atom. The van der Waals surface area contributed by atoms with Gasteiger partial charge in [-0.25, -0.2) is 4.98 Å². The molecule has 3 rings (SSSR count). The molecule has 6 heteroatoms. The zero-order chi connectivity index (χ0) is 18.4. The van der Waals surface area contributed by atoms with Gasteiger partial charge >= 0.3 is 0 Å². The first kappa shape index (κ1) is 18.6. The minimum absolute atomic E-state index is 0.232. The molecule has 1 heterocycles. The van der Waals surface area contributed by atoms with Crippen LogP contribution in [0.4, 0.5) is 0 Å². The van der Waals surface area contributed by atoms with E-state index in [0.717, 1.165) is 19.0 Å². The molecule has 1 saturated carbocycles. The molecule has 0 aliphatic heterocycles. The lowest BCUT2D eigenvalue weighted by Crippen LogP contribution is -2.28. The predicted molar refractivity (Wildman–Crippen MR) is 98.7 cm³/mol. The van der Waals surface area contributed by atoms with E-state index in [1.165, 1.54) is 30.2 Å². The zero-order valence-corrected chi connectivity index (χ0v) is 15.5. The maximum Gasteiger partial charge on any atom is 0.273 e. The van der Waals surface area contributed by atoms with Gasteiger partial charge in [0.1, 0.15) is 6.26 Å². The number of hydrogen-bond acceptors (Lipinski definition) is 5. The molecule has 0 spiro atoms. The van der Waals surface area contributed by atoms with Gasteiger partial charge in [-0.2, -0.15) is 0 Å². The van der Waals surface area contributed by atoms with Crippen LogP contribution in [0.15, 0.2) is 34.9 Å². The van der Waals surface area contributed by atoms with E-state index in [2.05, 4.69) is 46.4 Å². The summed E-state index contributed by atoms with van der Waals surface area (Å²) in [7, 11) is 1.60. The summed E-state index contributed by atoms with van der Waals surface area (Å²) in [5.74, 6) is 1.12. The van der Waals surface area contributed by atoms with Gasteiger partial charge in [-0.1, -0.05) is 24.3 Å². The quantitative estimate of drug-likeness (QED) is 0.662. The van der Waals surface area contributed by atoms with E-state index in [1.54, 1.807) is 7.11 Å². The van der Waals surface area contributed by atoms with Crippen molar-refractivity contribution in [3.8, 4) is 0 Å². The Morgan fingerprint density at radius 1 is 1.35 bits per heavy atom. The number of nitrogens with zero attached hydrogens (tertiary/aromatic N) is 2. The number of ether oxygens (including phenoxy) is 1. The first-order valence-electron chi connectivity index (χ1n) is 9.14. The molecule has 26 heavy (non-hydrogen) atoms. The molecule has 1 amide bonds. The Bertz CT molecular complexity index is 725. The molecule has 0 unspecified atom stereocenters. The summed E-state index contributed by atoms with van der Waals surface area (Å²) in [6, 6.07) is 8.44. The number of methoxy groups -OCH3 is 1. The fourth-order valence-corrected chi connectivity index (χ4v) is 2.92. The van der Waals surface area contributed by atoms with Crippen LogP contribution in [0.3, 0.4) is 0 Å². The van der Waals surface area contributed by atoms with Gasteiger partial charge in [0.05, 0.1) is 13.2 Å². The van der Waals surface area contributed by atoms with E-state index < -0.39 is 0 Å². The van der Waals surface area contributed by atoms with Crippen LogP contribution >= 0.6 is 0 Å². The fraction of sp³-hybridized carbons (Fsp3) is 0.500. The maximum atomic E-state index is 12.0. The summed E-state index contributed by atoms with van der Waals surface area (Å²) in [6.07, 6.45) is 4.02. The van der Waals surface area contributed by atoms with Crippen molar-refractivity contribution in [2.45, 2.75) is 32.9 Å². The van der Waals surface area contributed by atoms with E-state index in [4.69, 9.17) is 9.15 Å². The molecule has 1 aliphatic carbocycles. The first-order valence-corrected chi connectivity index (χ1v) is 9.14. The second-order valence-corrected chi connectivity index (χ2v) is 6.91. The van der Waals surface area contributed by atoms with Gasteiger partial charge in [-0.15, -0.1) is 0 Å². The number of benzene rings is 1. The first-order chi connectivity index (χ1) is 12.7. The van der Waals surface area contributed by atoms with Crippen molar-refractivity contribution in [2.24, 2.45) is 5.92 Å². The Balaban J connectivity index is 1.61. The molecule has 0 bridgehead atoms. The SMILES string of the molecule is COCCNC(=O)c1coc(CN(Cc2ccccc2C)CC2CC2)n1. The predicted octanol–water partition coefficient (Wildman–Crippen LogP) is 2.77. The highest BCUT2D eigenvalue weighted by Crippen LogP contribution is 2.30. The van der Waals surface area contributed by atoms with E-state index in [-0.39, 0.29) is 5.91 Å². The van der Waals surface area contributed by atoms with Crippen molar-refractivity contribution in [2.75, 3.05) is 26.8 Å². The van der Waals surface area contributed by atoms with Crippen LogP contribution in [0.5, 0.6) is 0 Å². The summed E-state index contributed by atoms with van der Waals surface area (Å²) in [5.41, 5.74) is 2.93. The van der Waals surface area contributed by atoms with Crippen molar-refractivity contribution in [1.82, 2.24) is 15.2 Å². The Morgan fingerprint density at radius 2 is 2.15 bits per heavy atom. The molecular formula is C20H27N3O3. The molecule has 0 radical (unpaired) electrons. The van der Waals surface area contributed by atoms with Crippen LogP contribution in [0, 0.1) is 12.8 Å². The number of aromatic nitrogens is 1. The number of hydrogen-bond donors (Lipinski definition) is 1. The number of amides is 1. The zero-order valence-electron chi connectivity index (χ0n) is 15.5. The third kappa shape index (κ3) is 5.41. The Labute approximate surface area is 154 Å². The van der Waals surface area contributed by atoms with Crippen LogP contribution in [0.25, 0.3) is 0 Å². The minimum atomic E-state index is -0.232. The second kappa shape index (κ2) is 8.96. The molecule has 0 atom stereocenters. The molecule has 1 N–H and O–H groups in total. The molecule has 2 aromatic rings. The van der Waals surface area contributed by atoms with Gasteiger partial charge < -0.3 is 14.5 Å². The van der Waals surface area contributed by atoms with Gasteiger partial charge in [-0.05, 0) is 36.8 Å². The topological polar surface area (TPSA) is 67.6 Å². The van der Waals surface area contributed by atoms with Crippen LogP contribution in [0.1, 0.15) is 40.3 Å². The second-order valence-electron chi connectivity index (χ2n) is 6.91. The van der Waals surface area contributed by atoms with Gasteiger partial charge in [0.15, 0.2) is 5.69 Å². The summed E-state index contributed by atoms with van der Waals surface area (Å²) in [5, 5.41) is 2.76. The summed E-state index contributed by atoms with van der Waals surface area (Å²) >= 11 is 0. The number of carbonyl (C=O) groups excluding carboxylic acids is 1. The normalized spacial score (nSPS) is 14.0. The van der Waals surface area contributed by atoms with Crippen molar-refractivity contribution in [3.05, 3.63) is 53.2 Å². The van der Waals surface area contributed by atoms with Crippen LogP contribution in [-0.4, -0.2) is 42.6 Å². The third-order valence-corrected chi connectivity index (χ3v) is 4.60. The Kier molecular flexibility index (Phi) is 6.41. The highest BCUT2D eigenvalue weighted by atomic mass is 16.5. The molecule has 1 aliphatic rings. The lowest BCUT2D eigenvalue weighted by atomic mass is 10.1. The van der Waals surface area contributed by atoms with Crippen LogP contribution < -0.4 is 5.32 Å². The van der Waals surface area contributed by atoms with Crippen molar-refractivity contribution in [3.63, 3.8) is 0 Å². The highest BCUT2D eigenvalue weighted by molar-refractivity contribution is 5.91. The van der Waals surface area contributed by atoms with Gasteiger partial charge in [0.25, 0.3) is 5.91 Å². The maximum absolute atomic E-state index is 12.0. The average molecular weight is 357 g/mol. The van der Waals surface area contributed by atoms with Crippen LogP contribution in [0.2, 0.25) is 0 Å². The van der Waals surface area contributed by atoms with E-state index in [9.17, 15) is 4.79 Å². The molecule has 0 saturated heterocycles. The third-order valence-electron chi connectivity index (χ3n) is 4.60. The van der Waals surface area contributed by atoms with Gasteiger partial charge in [-0.3, -0.25) is 9.69 Å². The molecule has 140 valence electrons. The van der Waals surface area contributed by atoms with E-state index in [1.807, 2.05) is 0 Å². The smallest absolute Gasteiger partial charge is 0.273 e.